The first-order chi connectivity index (χ1) is 47.8. The first-order valence-corrected chi connectivity index (χ1v) is 38.8. The summed E-state index contributed by atoms with van der Waals surface area (Å²) in [6.07, 6.45) is 50.8. The van der Waals surface area contributed by atoms with Crippen LogP contribution in [0.2, 0.25) is 0 Å². The average Bonchev–Trinajstić information content (AvgIpc) is 0.784. The van der Waals surface area contributed by atoms with Gasteiger partial charge in [-0.15, -0.1) is 0 Å². The highest BCUT2D eigenvalue weighted by Gasteiger charge is 2.54. The van der Waals surface area contributed by atoms with Gasteiger partial charge in [0.05, 0.1) is 38.6 Å². The van der Waals surface area contributed by atoms with Crippen molar-refractivity contribution in [3.05, 3.63) is 85.1 Å². The van der Waals surface area contributed by atoms with Gasteiger partial charge in [-0.1, -0.05) is 285 Å². The van der Waals surface area contributed by atoms with Crippen LogP contribution >= 0.6 is 0 Å². The zero-order chi connectivity index (χ0) is 71.1. The van der Waals surface area contributed by atoms with Gasteiger partial charge in [-0.2, -0.15) is 0 Å². The van der Waals surface area contributed by atoms with Crippen LogP contribution in [0, 0.1) is 0 Å². The van der Waals surface area contributed by atoms with E-state index in [1.165, 1.54) is 128 Å². The minimum absolute atomic E-state index is 0.249. The second-order valence-corrected chi connectivity index (χ2v) is 27.4. The van der Waals surface area contributed by atoms with Gasteiger partial charge < -0.3 is 89.9 Å². The second kappa shape index (κ2) is 59.4. The number of rotatable bonds is 60. The van der Waals surface area contributed by atoms with Crippen molar-refractivity contribution in [2.24, 2.45) is 0 Å². The lowest BCUT2D eigenvalue weighted by molar-refractivity contribution is -0.379. The Kier molecular flexibility index (Phi) is 54.0. The van der Waals surface area contributed by atoms with Crippen molar-refractivity contribution < 1.29 is 89.4 Å². The predicted molar refractivity (Wildman–Crippen MR) is 388 cm³/mol. The molecular formula is C79H139NO18. The minimum Gasteiger partial charge on any atom is -0.394 e. The SMILES string of the molecule is CC/C=C\C/C=C\C/C=C\C/C=C\C/C=C\C/C=C\C/C=C\CCCCCCCCCC(=O)NC(COC1OC(CO)C(OC2OC(CO)C(OC3OC(CO)C(O)C(O)C3O)C(O)C2O)C(O)C1O)C(O)CCCCCCCCCCCCCCCCCCCCCCCCCC. The first-order valence-electron chi connectivity index (χ1n) is 38.8. The lowest BCUT2D eigenvalue weighted by Gasteiger charge is -2.48. The van der Waals surface area contributed by atoms with Crippen LogP contribution in [0.25, 0.3) is 0 Å². The van der Waals surface area contributed by atoms with Gasteiger partial charge in [0.15, 0.2) is 18.9 Å². The van der Waals surface area contributed by atoms with E-state index in [1.54, 1.807) is 0 Å². The molecule has 3 rings (SSSR count). The highest BCUT2D eigenvalue weighted by atomic mass is 16.8. The smallest absolute Gasteiger partial charge is 0.220 e. The molecule has 3 heterocycles. The maximum Gasteiger partial charge on any atom is 0.220 e. The molecule has 0 radical (unpaired) electrons. The number of allylic oxidation sites excluding steroid dienone is 14. The van der Waals surface area contributed by atoms with E-state index in [2.05, 4.69) is 104 Å². The molecule has 17 unspecified atom stereocenters. The van der Waals surface area contributed by atoms with Gasteiger partial charge in [0.25, 0.3) is 0 Å². The van der Waals surface area contributed by atoms with Crippen molar-refractivity contribution >= 4 is 5.91 Å². The van der Waals surface area contributed by atoms with Crippen LogP contribution in [0.15, 0.2) is 85.1 Å². The number of unbranched alkanes of at least 4 members (excludes halogenated alkanes) is 30. The van der Waals surface area contributed by atoms with Crippen LogP contribution < -0.4 is 5.32 Å². The molecule has 0 bridgehead atoms. The topological polar surface area (TPSA) is 307 Å². The van der Waals surface area contributed by atoms with E-state index in [0.717, 1.165) is 116 Å². The molecule has 0 aromatic rings. The van der Waals surface area contributed by atoms with E-state index in [9.17, 15) is 61.0 Å². The fraction of sp³-hybridized carbons (Fsp3) is 0.810. The molecule has 0 aliphatic carbocycles. The normalized spacial score (nSPS) is 27.2. The quantitative estimate of drug-likeness (QED) is 0.0199. The molecule has 1 amide bonds. The van der Waals surface area contributed by atoms with E-state index >= 15 is 0 Å². The third kappa shape index (κ3) is 39.6. The number of carbonyl (C=O) groups is 1. The van der Waals surface area contributed by atoms with Gasteiger partial charge in [-0.3, -0.25) is 4.79 Å². The van der Waals surface area contributed by atoms with Crippen molar-refractivity contribution in [1.82, 2.24) is 5.32 Å². The highest BCUT2D eigenvalue weighted by molar-refractivity contribution is 5.76. The number of ether oxygens (including phenoxy) is 6. The summed E-state index contributed by atoms with van der Waals surface area (Å²) in [6.45, 7) is 1.70. The first kappa shape index (κ1) is 89.2. The molecule has 17 atom stereocenters. The third-order valence-electron chi connectivity index (χ3n) is 19.0. The fourth-order valence-corrected chi connectivity index (χ4v) is 12.8. The summed E-state index contributed by atoms with van der Waals surface area (Å²) in [4.78, 5) is 13.5. The maximum atomic E-state index is 13.5. The largest absolute Gasteiger partial charge is 0.394 e. The Hall–Kier alpha value is -3.03. The standard InChI is InChI=1S/C79H139NO18/c1-3-5-7-9-11-13-15-17-19-21-23-25-27-29-30-31-32-33-35-37-39-41-43-45-47-49-51-53-55-57-67(85)80-62(63(84)56-54-52-50-48-46-44-42-40-38-36-34-28-26-24-22-20-18-16-14-12-10-8-6-4-2)61-93-77-73(91)70(88)75(65(59-82)95-77)98-79-74(92)71(89)76(66(60-83)96-79)97-78-72(90)69(87)68(86)64(58-81)94-78/h5,7,11,13,17,19,23,25,29-30,32-33,37,39,62-66,68-79,81-84,86-92H,3-4,6,8-10,12,14-16,18,20-22,24,26-28,31,34-36,38,40-61H2,1-2H3,(H,80,85)/b7-5-,13-11-,19-17-,25-23-,30-29-,33-32-,39-37-. The number of aliphatic hydroxyl groups is 11. The molecule has 3 fully saturated rings. The molecule has 3 saturated heterocycles. The monoisotopic (exact) mass is 1390 g/mol. The number of hydrogen-bond donors (Lipinski definition) is 12. The summed E-state index contributed by atoms with van der Waals surface area (Å²) in [5.74, 6) is -0.255. The fourth-order valence-electron chi connectivity index (χ4n) is 12.8. The number of hydrogen-bond acceptors (Lipinski definition) is 18. The Morgan fingerprint density at radius 3 is 1.10 bits per heavy atom. The molecule has 12 N–H and O–H groups in total. The van der Waals surface area contributed by atoms with E-state index in [4.69, 9.17) is 28.4 Å². The van der Waals surface area contributed by atoms with Gasteiger partial charge in [0, 0.05) is 6.42 Å². The van der Waals surface area contributed by atoms with Crippen molar-refractivity contribution in [2.45, 2.75) is 381 Å². The van der Waals surface area contributed by atoms with Crippen LogP contribution in [-0.2, 0) is 33.2 Å². The molecule has 0 spiro atoms. The molecule has 568 valence electrons. The zero-order valence-electron chi connectivity index (χ0n) is 60.5. The van der Waals surface area contributed by atoms with E-state index in [0.29, 0.717) is 12.8 Å². The lowest BCUT2D eigenvalue weighted by atomic mass is 9.96. The Bertz CT molecular complexity index is 2100. The number of carbonyl (C=O) groups excluding carboxylic acids is 1. The number of amides is 1. The van der Waals surface area contributed by atoms with Crippen molar-refractivity contribution in [3.63, 3.8) is 0 Å². The van der Waals surface area contributed by atoms with Gasteiger partial charge in [-0.05, 0) is 70.6 Å². The van der Waals surface area contributed by atoms with Gasteiger partial charge in [0.2, 0.25) is 5.91 Å². The van der Waals surface area contributed by atoms with Gasteiger partial charge >= 0.3 is 0 Å². The van der Waals surface area contributed by atoms with E-state index in [-0.39, 0.29) is 18.9 Å². The van der Waals surface area contributed by atoms with Crippen LogP contribution in [-0.4, -0.2) is 193 Å². The Labute approximate surface area is 590 Å². The molecular weight excluding hydrogens is 1250 g/mol. The van der Waals surface area contributed by atoms with Crippen LogP contribution in [0.4, 0.5) is 0 Å². The molecule has 3 aliphatic rings. The summed E-state index contributed by atoms with van der Waals surface area (Å²) in [6, 6.07) is -0.901. The van der Waals surface area contributed by atoms with Crippen LogP contribution in [0.1, 0.15) is 277 Å². The second-order valence-electron chi connectivity index (χ2n) is 27.4. The van der Waals surface area contributed by atoms with Crippen LogP contribution in [0.5, 0.6) is 0 Å². The van der Waals surface area contributed by atoms with Crippen molar-refractivity contribution in [3.8, 4) is 0 Å². The lowest BCUT2D eigenvalue weighted by Crippen LogP contribution is -2.66. The predicted octanol–water partition coefficient (Wildman–Crippen LogP) is 12.2. The van der Waals surface area contributed by atoms with Crippen LogP contribution in [0.3, 0.4) is 0 Å². The summed E-state index contributed by atoms with van der Waals surface area (Å²) < 4.78 is 34.5. The molecule has 19 nitrogen and oxygen atoms in total. The minimum atomic E-state index is -1.98. The zero-order valence-corrected chi connectivity index (χ0v) is 60.5. The van der Waals surface area contributed by atoms with Gasteiger partial charge in [-0.25, -0.2) is 0 Å². The van der Waals surface area contributed by atoms with Gasteiger partial charge in [0.1, 0.15) is 73.2 Å². The molecule has 3 aliphatic heterocycles. The van der Waals surface area contributed by atoms with Crippen molar-refractivity contribution in [1.29, 1.82) is 0 Å². The molecule has 0 aromatic heterocycles. The molecule has 0 saturated carbocycles. The molecule has 19 heteroatoms. The van der Waals surface area contributed by atoms with E-state index < -0.39 is 124 Å². The summed E-state index contributed by atoms with van der Waals surface area (Å²) in [5, 5.41) is 121. The number of aliphatic hydroxyl groups excluding tert-OH is 11. The summed E-state index contributed by atoms with van der Waals surface area (Å²) in [5.41, 5.74) is 0. The summed E-state index contributed by atoms with van der Waals surface area (Å²) >= 11 is 0. The Balaban J connectivity index is 1.40. The average molecular weight is 1390 g/mol. The van der Waals surface area contributed by atoms with Crippen molar-refractivity contribution in [2.75, 3.05) is 26.4 Å². The molecule has 98 heavy (non-hydrogen) atoms. The molecule has 0 aromatic carbocycles. The Morgan fingerprint density at radius 1 is 0.378 bits per heavy atom. The third-order valence-corrected chi connectivity index (χ3v) is 19.0. The number of nitrogens with one attached hydrogen (secondary N) is 1. The maximum absolute atomic E-state index is 13.5. The Morgan fingerprint density at radius 2 is 0.704 bits per heavy atom. The summed E-state index contributed by atoms with van der Waals surface area (Å²) in [7, 11) is 0. The highest BCUT2D eigenvalue weighted by Crippen LogP contribution is 2.33. The van der Waals surface area contributed by atoms with E-state index in [1.807, 2.05) is 0 Å².